The van der Waals surface area contributed by atoms with Gasteiger partial charge in [-0.3, -0.25) is 0 Å². The fraction of sp³-hybridized carbons (Fsp3) is 0.400. The minimum atomic E-state index is 0.0886. The molecule has 2 aliphatic rings. The lowest BCUT2D eigenvalue weighted by atomic mass is 10.2. The van der Waals surface area contributed by atoms with Crippen molar-refractivity contribution in [3.8, 4) is 0 Å². The highest BCUT2D eigenvalue weighted by Gasteiger charge is 2.27. The minimum absolute atomic E-state index is 0.0886. The van der Waals surface area contributed by atoms with E-state index in [0.29, 0.717) is 36.1 Å². The molecule has 8 heterocycles. The number of rotatable bonds is 7. The van der Waals surface area contributed by atoms with Gasteiger partial charge in [0.05, 0.1) is 31.9 Å². The number of halogens is 1. The van der Waals surface area contributed by atoms with Crippen LogP contribution in [0.4, 0.5) is 29.2 Å². The number of fused-ring (bicyclic) bond motifs is 2. The van der Waals surface area contributed by atoms with Gasteiger partial charge >= 0.3 is 0 Å². The number of aliphatic hydroxyl groups is 2. The highest BCUT2D eigenvalue weighted by atomic mass is 35.5. The molecule has 16 nitrogen and oxygen atoms in total. The van der Waals surface area contributed by atoms with E-state index < -0.39 is 0 Å². The Balaban J connectivity index is 0.000000141. The molecule has 6 aromatic heterocycles. The number of aliphatic hydroxyl groups excluding tert-OH is 2. The molecule has 17 heteroatoms. The van der Waals surface area contributed by atoms with Gasteiger partial charge in [0.25, 0.3) is 0 Å². The number of nitrogens with one attached hydrogen (secondary N) is 3. The summed E-state index contributed by atoms with van der Waals surface area (Å²) in [6.07, 6.45) is 15.3. The van der Waals surface area contributed by atoms with Crippen LogP contribution in [0.3, 0.4) is 0 Å². The summed E-state index contributed by atoms with van der Waals surface area (Å²) in [6.45, 7) is 2.38. The van der Waals surface area contributed by atoms with Crippen LogP contribution in [0.1, 0.15) is 25.7 Å². The Morgan fingerprint density at radius 2 is 1.49 bits per heavy atom. The topological polar surface area (TPSA) is 176 Å². The molecule has 47 heavy (non-hydrogen) atoms. The van der Waals surface area contributed by atoms with Gasteiger partial charge in [0.1, 0.15) is 22.7 Å². The molecule has 2 saturated heterocycles. The summed E-state index contributed by atoms with van der Waals surface area (Å²) in [5, 5.41) is 36.4. The van der Waals surface area contributed by atoms with Gasteiger partial charge in [-0.15, -0.1) is 10.2 Å². The molecule has 6 aromatic rings. The largest absolute Gasteiger partial charge is 0.395 e. The number of anilines is 5. The van der Waals surface area contributed by atoms with Crippen molar-refractivity contribution >= 4 is 51.9 Å². The van der Waals surface area contributed by atoms with E-state index in [2.05, 4.69) is 51.0 Å². The molecule has 0 radical (unpaired) electrons. The maximum Gasteiger partial charge on any atom is 0.245 e. The SMILES string of the molecule is Cn1cnc(Nc2nc(Cl)nn3cccc23)c1.Cn1cnc(Nc2nc(N3CCC[C@@H]3CO)nn3cccc23)c1.OC[C@H]1CCCN1. The molecule has 5 N–H and O–H groups in total. The van der Waals surface area contributed by atoms with E-state index in [9.17, 15) is 5.11 Å². The number of hydrogen-bond acceptors (Lipinski definition) is 12. The van der Waals surface area contributed by atoms with Crippen LogP contribution < -0.4 is 20.9 Å². The highest BCUT2D eigenvalue weighted by molar-refractivity contribution is 6.28. The van der Waals surface area contributed by atoms with E-state index in [1.165, 1.54) is 6.42 Å². The molecule has 2 aliphatic heterocycles. The maximum atomic E-state index is 9.55. The summed E-state index contributed by atoms with van der Waals surface area (Å²) in [7, 11) is 3.82. The van der Waals surface area contributed by atoms with Gasteiger partial charge in [-0.2, -0.15) is 9.97 Å². The van der Waals surface area contributed by atoms with Crippen molar-refractivity contribution in [3.63, 3.8) is 0 Å². The second kappa shape index (κ2) is 14.8. The number of imidazole rings is 2. The van der Waals surface area contributed by atoms with Crippen LogP contribution in [-0.2, 0) is 14.1 Å². The van der Waals surface area contributed by atoms with Crippen LogP contribution in [0.25, 0.3) is 11.0 Å². The zero-order valence-corrected chi connectivity index (χ0v) is 27.0. The first-order valence-corrected chi connectivity index (χ1v) is 15.9. The molecule has 8 rings (SSSR count). The summed E-state index contributed by atoms with van der Waals surface area (Å²) in [5.41, 5.74) is 1.74. The Kier molecular flexibility index (Phi) is 10.1. The van der Waals surface area contributed by atoms with E-state index in [1.54, 1.807) is 21.7 Å². The van der Waals surface area contributed by atoms with Crippen molar-refractivity contribution in [1.82, 2.24) is 53.6 Å². The standard InChI is InChI=1S/C15H19N7O.C10H9ClN6.C5H11NO/c1-20-8-13(16-10-20)17-14-12-5-3-7-22(12)19-15(18-14)21-6-2-4-11(21)9-23;1-16-5-8(12-6-16)13-9-7-3-2-4-17(7)15-10(11)14-9;7-4-5-2-1-3-6-5/h3,5,7-8,10-11,23H,2,4,6,9H2,1H3,(H,17,18,19);2-6H,1H3,(H,13,14,15);5-7H,1-4H2/t11-;;5-/m1.1/s1. The first-order chi connectivity index (χ1) is 22.9. The molecule has 2 atom stereocenters. The van der Waals surface area contributed by atoms with Gasteiger partial charge in [-0.05, 0) is 68.1 Å². The summed E-state index contributed by atoms with van der Waals surface area (Å²) in [4.78, 5) is 19.4. The summed E-state index contributed by atoms with van der Waals surface area (Å²) in [6, 6.07) is 8.17. The molecule has 0 amide bonds. The second-order valence-corrected chi connectivity index (χ2v) is 11.8. The molecular formula is C30H39ClN14O2. The molecular weight excluding hydrogens is 624 g/mol. The van der Waals surface area contributed by atoms with Crippen LogP contribution in [0.2, 0.25) is 5.28 Å². The van der Waals surface area contributed by atoms with Crippen molar-refractivity contribution in [2.24, 2.45) is 14.1 Å². The number of hydrogen-bond donors (Lipinski definition) is 5. The zero-order chi connectivity index (χ0) is 32.8. The van der Waals surface area contributed by atoms with Gasteiger partial charge in [-0.25, -0.2) is 19.0 Å². The van der Waals surface area contributed by atoms with Gasteiger partial charge < -0.3 is 40.2 Å². The second-order valence-electron chi connectivity index (χ2n) is 11.4. The molecule has 0 saturated carbocycles. The van der Waals surface area contributed by atoms with Crippen molar-refractivity contribution in [2.45, 2.75) is 37.8 Å². The van der Waals surface area contributed by atoms with Gasteiger partial charge in [0, 0.05) is 51.5 Å². The van der Waals surface area contributed by atoms with Crippen LogP contribution in [0.5, 0.6) is 0 Å². The first kappa shape index (κ1) is 32.2. The molecule has 0 aromatic carbocycles. The predicted octanol–water partition coefficient (Wildman–Crippen LogP) is 2.76. The van der Waals surface area contributed by atoms with Gasteiger partial charge in [0.2, 0.25) is 11.2 Å². The van der Waals surface area contributed by atoms with Crippen LogP contribution >= 0.6 is 11.6 Å². The Morgan fingerprint density at radius 3 is 2.02 bits per heavy atom. The minimum Gasteiger partial charge on any atom is -0.395 e. The lowest BCUT2D eigenvalue weighted by molar-refractivity contribution is 0.255. The molecule has 0 aliphatic carbocycles. The lowest BCUT2D eigenvalue weighted by Crippen LogP contribution is -2.34. The summed E-state index contributed by atoms with van der Waals surface area (Å²) in [5.74, 6) is 3.42. The normalized spacial score (nSPS) is 17.4. The van der Waals surface area contributed by atoms with Crippen molar-refractivity contribution in [3.05, 3.63) is 67.0 Å². The first-order valence-electron chi connectivity index (χ1n) is 15.5. The molecule has 0 spiro atoms. The fourth-order valence-electron chi connectivity index (χ4n) is 5.54. The van der Waals surface area contributed by atoms with E-state index in [4.69, 9.17) is 16.7 Å². The summed E-state index contributed by atoms with van der Waals surface area (Å²) >= 11 is 5.84. The average Bonchev–Trinajstić information content (AvgIpc) is 3.91. The highest BCUT2D eigenvalue weighted by Crippen LogP contribution is 2.26. The van der Waals surface area contributed by atoms with Crippen molar-refractivity contribution < 1.29 is 10.2 Å². The van der Waals surface area contributed by atoms with Crippen LogP contribution in [0.15, 0.2) is 61.7 Å². The average molecular weight is 663 g/mol. The number of aryl methyl sites for hydroxylation is 2. The molecule has 248 valence electrons. The summed E-state index contributed by atoms with van der Waals surface area (Å²) < 4.78 is 7.20. The maximum absolute atomic E-state index is 9.55. The quantitative estimate of drug-likeness (QED) is 0.169. The zero-order valence-electron chi connectivity index (χ0n) is 26.3. The van der Waals surface area contributed by atoms with Crippen LogP contribution in [0, 0.1) is 0 Å². The Hall–Kier alpha value is -4.77. The third-order valence-electron chi connectivity index (χ3n) is 7.88. The molecule has 0 bridgehead atoms. The third kappa shape index (κ3) is 7.79. The lowest BCUT2D eigenvalue weighted by Gasteiger charge is -2.23. The van der Waals surface area contributed by atoms with Crippen LogP contribution in [-0.4, -0.2) is 96.9 Å². The number of aromatic nitrogens is 10. The van der Waals surface area contributed by atoms with Crippen molar-refractivity contribution in [2.75, 3.05) is 41.8 Å². The predicted molar refractivity (Wildman–Crippen MR) is 180 cm³/mol. The smallest absolute Gasteiger partial charge is 0.245 e. The van der Waals surface area contributed by atoms with Crippen molar-refractivity contribution in [1.29, 1.82) is 0 Å². The number of nitrogens with zero attached hydrogens (tertiary/aromatic N) is 11. The molecule has 0 unspecified atom stereocenters. The third-order valence-corrected chi connectivity index (χ3v) is 8.04. The Morgan fingerprint density at radius 1 is 0.851 bits per heavy atom. The van der Waals surface area contributed by atoms with E-state index in [0.717, 1.165) is 49.2 Å². The monoisotopic (exact) mass is 662 g/mol. The van der Waals surface area contributed by atoms with E-state index in [1.807, 2.05) is 72.3 Å². The van der Waals surface area contributed by atoms with Gasteiger partial charge in [0.15, 0.2) is 11.6 Å². The molecule has 2 fully saturated rings. The fourth-order valence-corrected chi connectivity index (χ4v) is 5.70. The Labute approximate surface area is 276 Å². The Bertz CT molecular complexity index is 1890. The van der Waals surface area contributed by atoms with E-state index >= 15 is 0 Å². The van der Waals surface area contributed by atoms with E-state index in [-0.39, 0.29) is 17.9 Å². The van der Waals surface area contributed by atoms with Gasteiger partial charge in [-0.1, -0.05) is 0 Å².